The van der Waals surface area contributed by atoms with Crippen LogP contribution in [0.15, 0.2) is 47.8 Å². The molecule has 0 saturated heterocycles. The van der Waals surface area contributed by atoms with Crippen LogP contribution in [0.5, 0.6) is 0 Å². The van der Waals surface area contributed by atoms with Crippen LogP contribution < -0.4 is 20.7 Å². The van der Waals surface area contributed by atoms with E-state index < -0.39 is 0 Å². The van der Waals surface area contributed by atoms with Gasteiger partial charge in [-0.05, 0) is 56.7 Å². The number of H-pyrrole nitrogens is 1. The summed E-state index contributed by atoms with van der Waals surface area (Å²) in [5, 5.41) is 18.1. The highest BCUT2D eigenvalue weighted by atomic mass is 32.2. The van der Waals surface area contributed by atoms with E-state index in [4.69, 9.17) is 0 Å². The molecule has 2 fully saturated rings. The van der Waals surface area contributed by atoms with Crippen LogP contribution in [-0.4, -0.2) is 43.3 Å². The minimum atomic E-state index is -0.186. The molecule has 2 aliphatic rings. The number of carbonyl (C=O) groups is 1. The van der Waals surface area contributed by atoms with Crippen molar-refractivity contribution < 1.29 is 4.79 Å². The number of anilines is 3. The summed E-state index contributed by atoms with van der Waals surface area (Å²) in [6, 6.07) is 9.77. The summed E-state index contributed by atoms with van der Waals surface area (Å²) in [5.41, 5.74) is 1.20. The molecule has 3 aromatic heterocycles. The van der Waals surface area contributed by atoms with Crippen molar-refractivity contribution in [1.82, 2.24) is 35.2 Å². The smallest absolute Gasteiger partial charge is 0.325 e. The zero-order chi connectivity index (χ0) is 23.9. The topological polar surface area (TPSA) is 133 Å². The van der Waals surface area contributed by atoms with Crippen LogP contribution in [0.4, 0.5) is 22.4 Å². The monoisotopic (exact) mass is 493 g/mol. The highest BCUT2D eigenvalue weighted by molar-refractivity contribution is 7.97. The number of aromatic amines is 1. The van der Waals surface area contributed by atoms with Crippen LogP contribution in [0.3, 0.4) is 0 Å². The van der Waals surface area contributed by atoms with Gasteiger partial charge in [0.05, 0.1) is 0 Å². The molecule has 35 heavy (non-hydrogen) atoms. The highest BCUT2D eigenvalue weighted by Crippen LogP contribution is 2.34. The van der Waals surface area contributed by atoms with Gasteiger partial charge < -0.3 is 16.0 Å². The Kier molecular flexibility index (Phi) is 7.62. The number of aromatic nitrogens is 5. The molecule has 11 heteroatoms. The first-order valence-corrected chi connectivity index (χ1v) is 13.1. The number of pyridine rings is 1. The second kappa shape index (κ2) is 11.4. The Morgan fingerprint density at radius 1 is 0.943 bits per heavy atom. The van der Waals surface area contributed by atoms with Gasteiger partial charge >= 0.3 is 6.03 Å². The Morgan fingerprint density at radius 3 is 2.57 bits per heavy atom. The first-order valence-electron chi connectivity index (χ1n) is 12.3. The number of nitrogens with one attached hydrogen (secondary N) is 5. The molecule has 10 nitrogen and oxygen atoms in total. The standard InChI is InChI=1S/C24H31N9OS/c34-24(33-35-22-7-3-4-13-25-22)28-18-10-8-17(9-11-18)27-23-26-14-12-20(30-23)29-21-15-19(31-32-21)16-5-1-2-6-16/h3-4,7,12-18H,1-2,5-6,8-11H2,(H2,28,33,34)(H3,26,27,29,30,31,32). The van der Waals surface area contributed by atoms with E-state index in [1.54, 1.807) is 12.4 Å². The largest absolute Gasteiger partial charge is 0.351 e. The lowest BCUT2D eigenvalue weighted by molar-refractivity contribution is 0.237. The molecule has 5 N–H and O–H groups in total. The van der Waals surface area contributed by atoms with Gasteiger partial charge in [-0.3, -0.25) is 9.82 Å². The first kappa shape index (κ1) is 23.4. The second-order valence-electron chi connectivity index (χ2n) is 9.12. The number of hydrogen-bond donors (Lipinski definition) is 5. The summed E-state index contributed by atoms with van der Waals surface area (Å²) in [6.07, 6.45) is 12.2. The van der Waals surface area contributed by atoms with Crippen LogP contribution in [-0.2, 0) is 0 Å². The molecule has 2 saturated carbocycles. The quantitative estimate of drug-likeness (QED) is 0.285. The van der Waals surface area contributed by atoms with Gasteiger partial charge in [0.25, 0.3) is 0 Å². The predicted octanol–water partition coefficient (Wildman–Crippen LogP) is 4.73. The molecule has 0 radical (unpaired) electrons. The van der Waals surface area contributed by atoms with E-state index in [0.717, 1.165) is 36.5 Å². The van der Waals surface area contributed by atoms with E-state index in [0.29, 0.717) is 17.7 Å². The van der Waals surface area contributed by atoms with E-state index in [1.165, 1.54) is 43.3 Å². The number of urea groups is 1. The van der Waals surface area contributed by atoms with Crippen LogP contribution in [0, 0.1) is 0 Å². The number of hydrogen-bond acceptors (Lipinski definition) is 8. The summed E-state index contributed by atoms with van der Waals surface area (Å²) in [6.45, 7) is 0. The van der Waals surface area contributed by atoms with Crippen molar-refractivity contribution in [3.8, 4) is 0 Å². The third-order valence-electron chi connectivity index (χ3n) is 6.59. The molecule has 2 aliphatic carbocycles. The van der Waals surface area contributed by atoms with Crippen LogP contribution >= 0.6 is 11.9 Å². The Labute approximate surface area is 209 Å². The van der Waals surface area contributed by atoms with Crippen LogP contribution in [0.2, 0.25) is 0 Å². The molecule has 0 unspecified atom stereocenters. The third kappa shape index (κ3) is 6.62. The fraction of sp³-hybridized carbons (Fsp3) is 0.458. The van der Waals surface area contributed by atoms with Gasteiger partial charge in [0.2, 0.25) is 5.95 Å². The van der Waals surface area contributed by atoms with Gasteiger partial charge in [0.1, 0.15) is 10.8 Å². The van der Waals surface area contributed by atoms with Gasteiger partial charge in [-0.25, -0.2) is 14.8 Å². The Morgan fingerprint density at radius 2 is 1.77 bits per heavy atom. The number of carbonyl (C=O) groups excluding carboxylic acids is 1. The van der Waals surface area contributed by atoms with Crippen molar-refractivity contribution in [1.29, 1.82) is 0 Å². The van der Waals surface area contributed by atoms with Crippen molar-refractivity contribution in [2.75, 3.05) is 10.6 Å². The predicted molar refractivity (Wildman–Crippen MR) is 137 cm³/mol. The van der Waals surface area contributed by atoms with E-state index in [-0.39, 0.29) is 18.1 Å². The van der Waals surface area contributed by atoms with Crippen molar-refractivity contribution in [2.45, 2.75) is 74.4 Å². The van der Waals surface area contributed by atoms with Crippen molar-refractivity contribution in [3.63, 3.8) is 0 Å². The number of rotatable bonds is 8. The van der Waals surface area contributed by atoms with Gasteiger partial charge in [0, 0.05) is 54.1 Å². The third-order valence-corrected chi connectivity index (χ3v) is 7.32. The summed E-state index contributed by atoms with van der Waals surface area (Å²) in [5.74, 6) is 2.69. The fourth-order valence-electron chi connectivity index (χ4n) is 4.76. The number of nitrogens with zero attached hydrogens (tertiary/aromatic N) is 4. The zero-order valence-electron chi connectivity index (χ0n) is 19.5. The first-order chi connectivity index (χ1) is 17.2. The van der Waals surface area contributed by atoms with Gasteiger partial charge in [-0.2, -0.15) is 10.1 Å². The van der Waals surface area contributed by atoms with Gasteiger partial charge in [-0.1, -0.05) is 18.9 Å². The summed E-state index contributed by atoms with van der Waals surface area (Å²) < 4.78 is 2.79. The molecule has 3 aromatic rings. The molecular formula is C24H31N9OS. The highest BCUT2D eigenvalue weighted by Gasteiger charge is 2.23. The minimum Gasteiger partial charge on any atom is -0.351 e. The van der Waals surface area contributed by atoms with Gasteiger partial charge in [-0.15, -0.1) is 0 Å². The Balaban J connectivity index is 1.06. The summed E-state index contributed by atoms with van der Waals surface area (Å²) >= 11 is 1.21. The average molecular weight is 494 g/mol. The maximum Gasteiger partial charge on any atom is 0.325 e. The normalized spacial score (nSPS) is 20.3. The lowest BCUT2D eigenvalue weighted by Crippen LogP contribution is -2.43. The molecule has 2 amide bonds. The summed E-state index contributed by atoms with van der Waals surface area (Å²) in [7, 11) is 0. The molecule has 0 aromatic carbocycles. The molecule has 5 rings (SSSR count). The van der Waals surface area contributed by atoms with E-state index in [1.807, 2.05) is 24.3 Å². The number of amides is 2. The van der Waals surface area contributed by atoms with Crippen molar-refractivity contribution in [2.24, 2.45) is 0 Å². The molecule has 0 spiro atoms. The maximum atomic E-state index is 12.2. The van der Waals surface area contributed by atoms with E-state index in [9.17, 15) is 4.79 Å². The maximum absolute atomic E-state index is 12.2. The lowest BCUT2D eigenvalue weighted by Gasteiger charge is -2.29. The Hall–Kier alpha value is -3.34. The second-order valence-corrected chi connectivity index (χ2v) is 9.95. The van der Waals surface area contributed by atoms with E-state index >= 15 is 0 Å². The lowest BCUT2D eigenvalue weighted by atomic mass is 9.91. The molecule has 3 heterocycles. The van der Waals surface area contributed by atoms with Crippen molar-refractivity contribution >= 4 is 35.6 Å². The van der Waals surface area contributed by atoms with Crippen molar-refractivity contribution in [3.05, 3.63) is 48.4 Å². The molecule has 184 valence electrons. The minimum absolute atomic E-state index is 0.153. The van der Waals surface area contributed by atoms with Gasteiger partial charge in [0.15, 0.2) is 5.82 Å². The SMILES string of the molecule is O=C(NSc1ccccn1)NC1CCC(Nc2nccc(Nc3cc(C4CCCC4)[nH]n3)n2)CC1. The molecule has 0 bridgehead atoms. The van der Waals surface area contributed by atoms with Crippen LogP contribution in [0.25, 0.3) is 0 Å². The molecular weight excluding hydrogens is 462 g/mol. The molecule has 0 atom stereocenters. The zero-order valence-corrected chi connectivity index (χ0v) is 20.4. The summed E-state index contributed by atoms with van der Waals surface area (Å²) in [4.78, 5) is 25.4. The van der Waals surface area contributed by atoms with E-state index in [2.05, 4.69) is 51.9 Å². The Bertz CT molecular complexity index is 1100. The van der Waals surface area contributed by atoms with Crippen LogP contribution in [0.1, 0.15) is 63.0 Å². The fourth-order valence-corrected chi connectivity index (χ4v) is 5.28. The molecule has 0 aliphatic heterocycles. The average Bonchev–Trinajstić information content (AvgIpc) is 3.57.